The molecule has 1 rings (SSSR count). The molecule has 0 bridgehead atoms. The lowest BCUT2D eigenvalue weighted by atomic mass is 9.93. The van der Waals surface area contributed by atoms with E-state index in [1.165, 1.54) is 12.0 Å². The van der Waals surface area contributed by atoms with Gasteiger partial charge in [0.2, 0.25) is 0 Å². The number of esters is 2. The first-order chi connectivity index (χ1) is 10.2. The Morgan fingerprint density at radius 2 is 1.77 bits per heavy atom. The van der Waals surface area contributed by atoms with Crippen molar-refractivity contribution in [1.29, 1.82) is 0 Å². The summed E-state index contributed by atoms with van der Waals surface area (Å²) in [7, 11) is 1.27. The topological polar surface area (TPSA) is 82.1 Å². The number of amides is 1. The lowest BCUT2D eigenvalue weighted by Gasteiger charge is -2.37. The molecule has 0 aliphatic carbocycles. The van der Waals surface area contributed by atoms with Crippen LogP contribution in [0.5, 0.6) is 0 Å². The molecular formula is C15H25NO6. The van der Waals surface area contributed by atoms with Crippen molar-refractivity contribution in [3.63, 3.8) is 0 Å². The third-order valence-corrected chi connectivity index (χ3v) is 3.30. The van der Waals surface area contributed by atoms with E-state index in [9.17, 15) is 14.4 Å². The Kier molecular flexibility index (Phi) is 6.20. The van der Waals surface area contributed by atoms with Gasteiger partial charge in [-0.2, -0.15) is 0 Å². The Labute approximate surface area is 130 Å². The molecule has 1 aliphatic heterocycles. The van der Waals surface area contributed by atoms with E-state index in [0.717, 1.165) is 0 Å². The number of piperidine rings is 1. The Balaban J connectivity index is 2.88. The highest BCUT2D eigenvalue weighted by molar-refractivity contribution is 5.83. The molecule has 7 nitrogen and oxygen atoms in total. The van der Waals surface area contributed by atoms with Gasteiger partial charge in [-0.05, 0) is 40.5 Å². The molecule has 1 amide bonds. The van der Waals surface area contributed by atoms with Crippen molar-refractivity contribution in [2.45, 2.75) is 52.2 Å². The molecule has 0 aromatic carbocycles. The number of rotatable bonds is 3. The van der Waals surface area contributed by atoms with Gasteiger partial charge in [0, 0.05) is 6.54 Å². The summed E-state index contributed by atoms with van der Waals surface area (Å²) >= 11 is 0. The van der Waals surface area contributed by atoms with Gasteiger partial charge in [-0.15, -0.1) is 0 Å². The maximum atomic E-state index is 12.3. The van der Waals surface area contributed by atoms with Crippen molar-refractivity contribution in [3.05, 3.63) is 0 Å². The SMILES string of the molecule is CCOC(=O)C1CCC(C(=O)OC)N(C(=O)OC(C)(C)C)C1. The lowest BCUT2D eigenvalue weighted by Crippen LogP contribution is -2.53. The van der Waals surface area contributed by atoms with E-state index in [2.05, 4.69) is 0 Å². The second-order valence-corrected chi connectivity index (χ2v) is 6.20. The molecule has 0 spiro atoms. The number of nitrogens with zero attached hydrogens (tertiary/aromatic N) is 1. The molecule has 0 radical (unpaired) electrons. The lowest BCUT2D eigenvalue weighted by molar-refractivity contribution is -0.156. The zero-order chi connectivity index (χ0) is 16.9. The first-order valence-electron chi connectivity index (χ1n) is 7.43. The van der Waals surface area contributed by atoms with E-state index >= 15 is 0 Å². The average molecular weight is 315 g/mol. The molecule has 22 heavy (non-hydrogen) atoms. The van der Waals surface area contributed by atoms with Crippen LogP contribution in [0.15, 0.2) is 0 Å². The molecule has 0 aromatic heterocycles. The van der Waals surface area contributed by atoms with Gasteiger partial charge in [0.1, 0.15) is 11.6 Å². The quantitative estimate of drug-likeness (QED) is 0.583. The Morgan fingerprint density at radius 1 is 1.14 bits per heavy atom. The monoisotopic (exact) mass is 315 g/mol. The maximum absolute atomic E-state index is 12.3. The molecule has 0 aromatic rings. The zero-order valence-electron chi connectivity index (χ0n) is 13.9. The third-order valence-electron chi connectivity index (χ3n) is 3.30. The molecule has 1 aliphatic rings. The number of likely N-dealkylation sites (tertiary alicyclic amines) is 1. The Bertz CT molecular complexity index is 428. The fraction of sp³-hybridized carbons (Fsp3) is 0.800. The molecule has 2 unspecified atom stereocenters. The van der Waals surface area contributed by atoms with Crippen LogP contribution in [0.3, 0.4) is 0 Å². The minimum absolute atomic E-state index is 0.0908. The number of hydrogen-bond donors (Lipinski definition) is 0. The minimum Gasteiger partial charge on any atom is -0.467 e. The number of carbonyl (C=O) groups is 3. The normalized spacial score (nSPS) is 22.0. The molecule has 0 N–H and O–H groups in total. The van der Waals surface area contributed by atoms with Gasteiger partial charge in [0.05, 0.1) is 19.6 Å². The fourth-order valence-electron chi connectivity index (χ4n) is 2.33. The van der Waals surface area contributed by atoms with E-state index in [1.807, 2.05) is 0 Å². The van der Waals surface area contributed by atoms with Gasteiger partial charge in [0.15, 0.2) is 0 Å². The summed E-state index contributed by atoms with van der Waals surface area (Å²) in [4.78, 5) is 37.3. The highest BCUT2D eigenvalue weighted by atomic mass is 16.6. The summed E-state index contributed by atoms with van der Waals surface area (Å²) in [6, 6.07) is -0.731. The average Bonchev–Trinajstić information content (AvgIpc) is 2.44. The van der Waals surface area contributed by atoms with E-state index in [1.54, 1.807) is 27.7 Å². The molecule has 7 heteroatoms. The first-order valence-corrected chi connectivity index (χ1v) is 7.43. The minimum atomic E-state index is -0.731. The molecule has 126 valence electrons. The summed E-state index contributed by atoms with van der Waals surface area (Å²) in [5.41, 5.74) is -0.686. The third kappa shape index (κ3) is 4.89. The number of methoxy groups -OCH3 is 1. The summed E-state index contributed by atoms with van der Waals surface area (Å²) in [5, 5.41) is 0. The summed E-state index contributed by atoms with van der Waals surface area (Å²) in [6.07, 6.45) is 0.185. The van der Waals surface area contributed by atoms with Gasteiger partial charge in [-0.3, -0.25) is 9.69 Å². The van der Waals surface area contributed by atoms with E-state index < -0.39 is 29.6 Å². The van der Waals surface area contributed by atoms with Gasteiger partial charge in [-0.25, -0.2) is 9.59 Å². The number of carbonyl (C=O) groups excluding carboxylic acids is 3. The molecule has 0 saturated carbocycles. The van der Waals surface area contributed by atoms with E-state index in [4.69, 9.17) is 14.2 Å². The van der Waals surface area contributed by atoms with Crippen LogP contribution in [0.25, 0.3) is 0 Å². The van der Waals surface area contributed by atoms with Gasteiger partial charge >= 0.3 is 18.0 Å². The smallest absolute Gasteiger partial charge is 0.411 e. The van der Waals surface area contributed by atoms with Crippen molar-refractivity contribution < 1.29 is 28.6 Å². The van der Waals surface area contributed by atoms with Crippen LogP contribution < -0.4 is 0 Å². The van der Waals surface area contributed by atoms with Crippen LogP contribution in [-0.2, 0) is 23.8 Å². The zero-order valence-corrected chi connectivity index (χ0v) is 13.9. The van der Waals surface area contributed by atoms with Crippen molar-refractivity contribution in [3.8, 4) is 0 Å². The van der Waals surface area contributed by atoms with E-state index in [-0.39, 0.29) is 19.1 Å². The predicted molar refractivity (Wildman–Crippen MR) is 78.1 cm³/mol. The Morgan fingerprint density at radius 3 is 2.27 bits per heavy atom. The van der Waals surface area contributed by atoms with Gasteiger partial charge in [-0.1, -0.05) is 0 Å². The van der Waals surface area contributed by atoms with Crippen LogP contribution in [0.4, 0.5) is 4.79 Å². The molecule has 1 saturated heterocycles. The maximum Gasteiger partial charge on any atom is 0.411 e. The summed E-state index contributed by atoms with van der Waals surface area (Å²) < 4.78 is 15.1. The summed E-state index contributed by atoms with van der Waals surface area (Å²) in [6.45, 7) is 7.32. The van der Waals surface area contributed by atoms with Gasteiger partial charge in [0.25, 0.3) is 0 Å². The van der Waals surface area contributed by atoms with Crippen LogP contribution in [0.2, 0.25) is 0 Å². The molecule has 1 fully saturated rings. The second kappa shape index (κ2) is 7.47. The van der Waals surface area contributed by atoms with Crippen LogP contribution >= 0.6 is 0 Å². The number of ether oxygens (including phenoxy) is 3. The largest absolute Gasteiger partial charge is 0.467 e. The van der Waals surface area contributed by atoms with E-state index in [0.29, 0.717) is 12.8 Å². The number of hydrogen-bond acceptors (Lipinski definition) is 6. The summed E-state index contributed by atoms with van der Waals surface area (Å²) in [5.74, 6) is -1.32. The van der Waals surface area contributed by atoms with Crippen LogP contribution in [0.1, 0.15) is 40.5 Å². The van der Waals surface area contributed by atoms with Crippen molar-refractivity contribution in [2.75, 3.05) is 20.3 Å². The highest BCUT2D eigenvalue weighted by Crippen LogP contribution is 2.26. The molecule has 2 atom stereocenters. The fourth-order valence-corrected chi connectivity index (χ4v) is 2.33. The predicted octanol–water partition coefficient (Wildman–Crippen LogP) is 1.74. The first kappa shape index (κ1) is 18.3. The Hall–Kier alpha value is -1.79. The molecule has 1 heterocycles. The van der Waals surface area contributed by atoms with Crippen LogP contribution in [0, 0.1) is 5.92 Å². The van der Waals surface area contributed by atoms with Crippen molar-refractivity contribution in [1.82, 2.24) is 4.90 Å². The van der Waals surface area contributed by atoms with Crippen LogP contribution in [-0.4, -0.2) is 54.8 Å². The standard InChI is InChI=1S/C15H25NO6/c1-6-21-12(17)10-7-8-11(13(18)20-5)16(9-10)14(19)22-15(2,3)4/h10-11H,6-9H2,1-5H3. The molecular weight excluding hydrogens is 290 g/mol. The highest BCUT2D eigenvalue weighted by Gasteiger charge is 2.41. The van der Waals surface area contributed by atoms with Crippen molar-refractivity contribution >= 4 is 18.0 Å². The second-order valence-electron chi connectivity index (χ2n) is 6.20. The van der Waals surface area contributed by atoms with Crippen molar-refractivity contribution in [2.24, 2.45) is 5.92 Å². The van der Waals surface area contributed by atoms with Gasteiger partial charge < -0.3 is 14.2 Å².